The highest BCUT2D eigenvalue weighted by molar-refractivity contribution is 7.14. The minimum atomic E-state index is -0.270. The predicted octanol–water partition coefficient (Wildman–Crippen LogP) is 5.01. The molecule has 7 nitrogen and oxygen atoms in total. The second kappa shape index (κ2) is 7.23. The van der Waals surface area contributed by atoms with Crippen LogP contribution in [0, 0.1) is 13.8 Å². The monoisotopic (exact) mass is 415 g/mol. The molecule has 8 heteroatoms. The molecule has 4 heterocycles. The lowest BCUT2D eigenvalue weighted by molar-refractivity contribution is 0.102. The summed E-state index contributed by atoms with van der Waals surface area (Å²) in [5.74, 6) is 1.07. The smallest absolute Gasteiger partial charge is 0.259 e. The van der Waals surface area contributed by atoms with E-state index in [1.54, 1.807) is 16.8 Å². The maximum atomic E-state index is 12.6. The molecule has 0 atom stereocenters. The molecule has 0 aliphatic heterocycles. The Morgan fingerprint density at radius 3 is 2.73 bits per heavy atom. The van der Waals surface area contributed by atoms with Gasteiger partial charge in [0.05, 0.1) is 11.3 Å². The number of carbonyl (C=O) groups is 1. The lowest BCUT2D eigenvalue weighted by Crippen LogP contribution is -2.12. The molecule has 1 amide bonds. The van der Waals surface area contributed by atoms with E-state index in [1.807, 2.05) is 55.6 Å². The molecule has 0 bridgehead atoms. The number of rotatable bonds is 4. The Morgan fingerprint density at radius 1 is 1.13 bits per heavy atom. The number of hydrogen-bond donors (Lipinski definition) is 1. The fourth-order valence-corrected chi connectivity index (χ4v) is 3.92. The number of nitrogens with one attached hydrogen (secondary N) is 1. The van der Waals surface area contributed by atoms with Crippen LogP contribution < -0.4 is 5.32 Å². The van der Waals surface area contributed by atoms with E-state index in [2.05, 4.69) is 20.4 Å². The number of anilines is 1. The molecule has 0 aliphatic rings. The average molecular weight is 415 g/mol. The molecule has 5 rings (SSSR count). The van der Waals surface area contributed by atoms with Crippen molar-refractivity contribution in [1.29, 1.82) is 0 Å². The number of benzene rings is 1. The summed E-state index contributed by atoms with van der Waals surface area (Å²) in [7, 11) is 0. The van der Waals surface area contributed by atoms with Crippen molar-refractivity contribution >= 4 is 33.3 Å². The number of furan rings is 1. The van der Waals surface area contributed by atoms with Gasteiger partial charge >= 0.3 is 0 Å². The Kier molecular flexibility index (Phi) is 4.40. The summed E-state index contributed by atoms with van der Waals surface area (Å²) < 4.78 is 7.58. The first-order chi connectivity index (χ1) is 14.6. The number of aryl methyl sites for hydroxylation is 2. The largest absolute Gasteiger partial charge is 0.454 e. The van der Waals surface area contributed by atoms with Gasteiger partial charge in [-0.05, 0) is 44.2 Å². The summed E-state index contributed by atoms with van der Waals surface area (Å²) in [6.45, 7) is 3.89. The minimum absolute atomic E-state index is 0.270. The third-order valence-electron chi connectivity index (χ3n) is 4.64. The Labute approximate surface area is 176 Å². The number of aromatic nitrogens is 4. The number of nitrogens with zero attached hydrogens (tertiary/aromatic N) is 4. The van der Waals surface area contributed by atoms with Crippen LogP contribution in [-0.4, -0.2) is 25.7 Å². The quantitative estimate of drug-likeness (QED) is 0.446. The van der Waals surface area contributed by atoms with Crippen molar-refractivity contribution in [3.8, 4) is 17.3 Å². The molecule has 148 valence electrons. The van der Waals surface area contributed by atoms with Crippen molar-refractivity contribution in [3.05, 3.63) is 77.1 Å². The highest BCUT2D eigenvalue weighted by Crippen LogP contribution is 2.30. The summed E-state index contributed by atoms with van der Waals surface area (Å²) in [4.78, 5) is 21.4. The first-order valence-corrected chi connectivity index (χ1v) is 10.2. The molecule has 30 heavy (non-hydrogen) atoms. The van der Waals surface area contributed by atoms with Gasteiger partial charge in [0.25, 0.3) is 5.91 Å². The van der Waals surface area contributed by atoms with Crippen molar-refractivity contribution in [3.63, 3.8) is 0 Å². The zero-order chi connectivity index (χ0) is 20.7. The number of pyridine rings is 1. The lowest BCUT2D eigenvalue weighted by atomic mass is 10.2. The summed E-state index contributed by atoms with van der Waals surface area (Å²) >= 11 is 1.34. The van der Waals surface area contributed by atoms with Gasteiger partial charge in [0, 0.05) is 22.7 Å². The van der Waals surface area contributed by atoms with Gasteiger partial charge in [-0.3, -0.25) is 10.1 Å². The summed E-state index contributed by atoms with van der Waals surface area (Å²) in [5, 5.41) is 10.6. The number of carbonyl (C=O) groups excluding carboxylic acids is 1. The summed E-state index contributed by atoms with van der Waals surface area (Å²) in [6, 6.07) is 15.2. The Balaban J connectivity index is 1.32. The van der Waals surface area contributed by atoms with Gasteiger partial charge in [-0.25, -0.2) is 14.6 Å². The van der Waals surface area contributed by atoms with Crippen LogP contribution in [0.3, 0.4) is 0 Å². The molecule has 4 aromatic heterocycles. The van der Waals surface area contributed by atoms with Crippen LogP contribution in [0.15, 0.2) is 64.5 Å². The van der Waals surface area contributed by atoms with Gasteiger partial charge in [0.2, 0.25) is 0 Å². The highest BCUT2D eigenvalue weighted by atomic mass is 32.1. The van der Waals surface area contributed by atoms with E-state index in [-0.39, 0.29) is 5.91 Å². The normalized spacial score (nSPS) is 11.1. The summed E-state index contributed by atoms with van der Waals surface area (Å²) in [5.41, 5.74) is 3.84. The van der Waals surface area contributed by atoms with Crippen LogP contribution in [0.1, 0.15) is 21.7 Å². The van der Waals surface area contributed by atoms with Gasteiger partial charge < -0.3 is 4.42 Å². The molecule has 0 saturated carbocycles. The molecule has 5 aromatic rings. The third kappa shape index (κ3) is 3.37. The number of thiazole rings is 1. The van der Waals surface area contributed by atoms with Gasteiger partial charge in [0.15, 0.2) is 16.7 Å². The molecule has 1 aromatic carbocycles. The first-order valence-electron chi connectivity index (χ1n) is 9.32. The average Bonchev–Trinajstić information content (AvgIpc) is 3.46. The molecule has 0 unspecified atom stereocenters. The van der Waals surface area contributed by atoms with Crippen LogP contribution in [-0.2, 0) is 0 Å². The topological polar surface area (TPSA) is 85.8 Å². The molecule has 0 aliphatic carbocycles. The molecule has 1 N–H and O–H groups in total. The van der Waals surface area contributed by atoms with E-state index in [0.717, 1.165) is 22.4 Å². The van der Waals surface area contributed by atoms with E-state index in [4.69, 9.17) is 4.42 Å². The Bertz CT molecular complexity index is 1330. The van der Waals surface area contributed by atoms with Crippen LogP contribution in [0.2, 0.25) is 0 Å². The van der Waals surface area contributed by atoms with Crippen LogP contribution >= 0.6 is 11.3 Å². The number of para-hydroxylation sites is 1. The van der Waals surface area contributed by atoms with Crippen molar-refractivity contribution < 1.29 is 9.21 Å². The molecular weight excluding hydrogens is 398 g/mol. The third-order valence-corrected chi connectivity index (χ3v) is 5.40. The lowest BCUT2D eigenvalue weighted by Gasteiger charge is -2.05. The zero-order valence-electron chi connectivity index (χ0n) is 16.3. The number of amides is 1. The Morgan fingerprint density at radius 2 is 2.00 bits per heavy atom. The van der Waals surface area contributed by atoms with E-state index >= 15 is 0 Å². The van der Waals surface area contributed by atoms with Crippen molar-refractivity contribution in [2.24, 2.45) is 0 Å². The number of hydrogen-bond acceptors (Lipinski definition) is 6. The maximum absolute atomic E-state index is 12.6. The van der Waals surface area contributed by atoms with E-state index < -0.39 is 0 Å². The molecule has 0 saturated heterocycles. The van der Waals surface area contributed by atoms with Gasteiger partial charge in [0.1, 0.15) is 11.3 Å². The van der Waals surface area contributed by atoms with Gasteiger partial charge in [-0.1, -0.05) is 18.2 Å². The fourth-order valence-electron chi connectivity index (χ4n) is 3.23. The van der Waals surface area contributed by atoms with Crippen molar-refractivity contribution in [2.45, 2.75) is 13.8 Å². The molecule has 0 fully saturated rings. The highest BCUT2D eigenvalue weighted by Gasteiger charge is 2.14. The SMILES string of the molecule is Cc1cc(C)n(-c2ccc(C(=O)Nc3nc(-c4cc5ccccc5o4)cs3)cn2)n1. The standard InChI is InChI=1S/C22H17N5O2S/c1-13-9-14(2)27(26-13)20-8-7-16(11-23-20)21(28)25-22-24-17(12-30-22)19-10-15-5-3-4-6-18(15)29-19/h3-12H,1-2H3,(H,24,25,28). The van der Waals surface area contributed by atoms with Crippen LogP contribution in [0.25, 0.3) is 28.2 Å². The van der Waals surface area contributed by atoms with Gasteiger partial charge in [-0.15, -0.1) is 11.3 Å². The number of fused-ring (bicyclic) bond motifs is 1. The van der Waals surface area contributed by atoms with Crippen LogP contribution in [0.4, 0.5) is 5.13 Å². The fraction of sp³-hybridized carbons (Fsp3) is 0.0909. The van der Waals surface area contributed by atoms with E-state index in [1.165, 1.54) is 17.5 Å². The van der Waals surface area contributed by atoms with E-state index in [0.29, 0.717) is 28.0 Å². The minimum Gasteiger partial charge on any atom is -0.454 e. The molecule has 0 radical (unpaired) electrons. The maximum Gasteiger partial charge on any atom is 0.259 e. The van der Waals surface area contributed by atoms with Gasteiger partial charge in [-0.2, -0.15) is 5.10 Å². The second-order valence-electron chi connectivity index (χ2n) is 6.88. The van der Waals surface area contributed by atoms with Crippen LogP contribution in [0.5, 0.6) is 0 Å². The van der Waals surface area contributed by atoms with Crippen molar-refractivity contribution in [2.75, 3.05) is 5.32 Å². The Hall–Kier alpha value is -3.78. The summed E-state index contributed by atoms with van der Waals surface area (Å²) in [6.07, 6.45) is 1.54. The zero-order valence-corrected chi connectivity index (χ0v) is 17.1. The van der Waals surface area contributed by atoms with E-state index in [9.17, 15) is 4.79 Å². The second-order valence-corrected chi connectivity index (χ2v) is 7.74. The first kappa shape index (κ1) is 18.3. The molecule has 0 spiro atoms. The molecular formula is C22H17N5O2S. The van der Waals surface area contributed by atoms with Crippen molar-refractivity contribution in [1.82, 2.24) is 19.7 Å². The predicted molar refractivity (Wildman–Crippen MR) is 116 cm³/mol.